The van der Waals surface area contributed by atoms with Gasteiger partial charge in [-0.05, 0) is 50.9 Å². The number of likely N-dealkylation sites (tertiary alicyclic amines) is 2. The number of carbonyl (C=O) groups excluding carboxylic acids is 2. The van der Waals surface area contributed by atoms with Gasteiger partial charge in [-0.3, -0.25) is 19.3 Å². The summed E-state index contributed by atoms with van der Waals surface area (Å²) in [4.78, 5) is 45.6. The number of aromatic amines is 1. The van der Waals surface area contributed by atoms with Crippen molar-refractivity contribution in [1.29, 1.82) is 0 Å². The minimum Gasteiger partial charge on any atom is -0.483 e. The summed E-state index contributed by atoms with van der Waals surface area (Å²) in [6.07, 6.45) is 4.62. The summed E-state index contributed by atoms with van der Waals surface area (Å²) in [5.74, 6) is 0.219. The molecule has 3 aliphatic rings. The Bertz CT molecular complexity index is 911. The first kappa shape index (κ1) is 21.3. The highest BCUT2D eigenvalue weighted by atomic mass is 16.6. The zero-order valence-corrected chi connectivity index (χ0v) is 17.5. The summed E-state index contributed by atoms with van der Waals surface area (Å²) in [5, 5.41) is 6.89. The number of benzene rings is 1. The predicted octanol–water partition coefficient (Wildman–Crippen LogP) is 1.90. The third-order valence-corrected chi connectivity index (χ3v) is 6.59. The van der Waals surface area contributed by atoms with Gasteiger partial charge in [0.2, 0.25) is 0 Å². The molecule has 166 valence electrons. The van der Waals surface area contributed by atoms with Crippen molar-refractivity contribution < 1.29 is 24.2 Å². The molecule has 1 aromatic carbocycles. The number of nitrogens with one attached hydrogen (secondary N) is 1. The fourth-order valence-corrected chi connectivity index (χ4v) is 4.94. The molecule has 1 atom stereocenters. The summed E-state index contributed by atoms with van der Waals surface area (Å²) in [6, 6.07) is 7.64. The Morgan fingerprint density at radius 2 is 1.90 bits per heavy atom. The number of esters is 1. The van der Waals surface area contributed by atoms with Crippen molar-refractivity contribution in [3.8, 4) is 0 Å². The number of aromatic nitrogens is 2. The molecule has 0 bridgehead atoms. The molecule has 4 heterocycles. The lowest BCUT2D eigenvalue weighted by Crippen LogP contribution is -2.45. The number of para-hydroxylation sites is 2. The number of H-pyrrole nitrogens is 1. The van der Waals surface area contributed by atoms with Gasteiger partial charge in [-0.1, -0.05) is 12.1 Å². The number of carbonyl (C=O) groups is 3. The average molecular weight is 428 g/mol. The van der Waals surface area contributed by atoms with E-state index in [1.54, 1.807) is 0 Å². The Morgan fingerprint density at radius 1 is 1.23 bits per heavy atom. The molecule has 0 radical (unpaired) electrons. The van der Waals surface area contributed by atoms with Gasteiger partial charge in [0.15, 0.2) is 5.82 Å². The van der Waals surface area contributed by atoms with Crippen LogP contribution in [-0.2, 0) is 14.3 Å². The van der Waals surface area contributed by atoms with Crippen LogP contribution in [0.2, 0.25) is 0 Å². The van der Waals surface area contributed by atoms with E-state index < -0.39 is 5.41 Å². The Hall–Kier alpha value is -2.94. The SMILES string of the molecule is O=C(c1nc2ccccc2[nH]1)N1CCC2(CC1)CC(CN1CCCC1)OC2=O.O=CO. The van der Waals surface area contributed by atoms with Crippen LogP contribution in [-0.4, -0.2) is 82.1 Å². The van der Waals surface area contributed by atoms with Crippen molar-refractivity contribution in [1.82, 2.24) is 19.8 Å². The number of amides is 1. The van der Waals surface area contributed by atoms with E-state index in [4.69, 9.17) is 14.6 Å². The van der Waals surface area contributed by atoms with Gasteiger partial charge in [0.05, 0.1) is 16.4 Å². The molecule has 1 amide bonds. The molecule has 3 saturated heterocycles. The Morgan fingerprint density at radius 3 is 2.58 bits per heavy atom. The van der Waals surface area contributed by atoms with Crippen LogP contribution < -0.4 is 0 Å². The van der Waals surface area contributed by atoms with Crippen LogP contribution in [0.1, 0.15) is 42.7 Å². The summed E-state index contributed by atoms with van der Waals surface area (Å²) in [7, 11) is 0. The molecule has 3 aliphatic heterocycles. The molecule has 9 heteroatoms. The van der Waals surface area contributed by atoms with Gasteiger partial charge < -0.3 is 19.7 Å². The van der Waals surface area contributed by atoms with Gasteiger partial charge in [-0.15, -0.1) is 0 Å². The molecule has 2 N–H and O–H groups in total. The summed E-state index contributed by atoms with van der Waals surface area (Å²) >= 11 is 0. The number of hydrogen-bond donors (Lipinski definition) is 2. The zero-order chi connectivity index (χ0) is 21.8. The fraction of sp³-hybridized carbons (Fsp3) is 0.545. The van der Waals surface area contributed by atoms with Crippen molar-refractivity contribution in [2.24, 2.45) is 5.41 Å². The molecule has 1 spiro atoms. The van der Waals surface area contributed by atoms with Gasteiger partial charge in [0, 0.05) is 26.1 Å². The van der Waals surface area contributed by atoms with Crippen molar-refractivity contribution in [3.63, 3.8) is 0 Å². The molecular formula is C22H28N4O5. The number of ether oxygens (including phenoxy) is 1. The first-order chi connectivity index (χ1) is 15.0. The number of cyclic esters (lactones) is 1. The summed E-state index contributed by atoms with van der Waals surface area (Å²) in [6.45, 7) is 3.97. The topological polar surface area (TPSA) is 116 Å². The van der Waals surface area contributed by atoms with Gasteiger partial charge in [0.1, 0.15) is 6.10 Å². The second kappa shape index (κ2) is 9.05. The highest BCUT2D eigenvalue weighted by molar-refractivity contribution is 5.94. The maximum absolute atomic E-state index is 12.9. The van der Waals surface area contributed by atoms with E-state index in [1.807, 2.05) is 29.2 Å². The standard InChI is InChI=1S/C21H26N4O3.CH2O2/c26-19(18-22-16-5-1-2-6-17(16)23-18)25-11-7-21(8-12-25)13-15(28-20(21)27)14-24-9-3-4-10-24;2-1-3/h1-2,5-6,15H,3-4,7-14H2,(H,22,23);1H,(H,2,3). The Balaban J connectivity index is 0.000000730. The van der Waals surface area contributed by atoms with E-state index >= 15 is 0 Å². The maximum atomic E-state index is 12.9. The second-order valence-corrected chi connectivity index (χ2v) is 8.52. The van der Waals surface area contributed by atoms with Crippen molar-refractivity contribution in [3.05, 3.63) is 30.1 Å². The highest BCUT2D eigenvalue weighted by Gasteiger charge is 2.51. The third-order valence-electron chi connectivity index (χ3n) is 6.59. The predicted molar refractivity (Wildman–Crippen MR) is 113 cm³/mol. The van der Waals surface area contributed by atoms with Crippen LogP contribution in [0.5, 0.6) is 0 Å². The van der Waals surface area contributed by atoms with Gasteiger partial charge in [-0.2, -0.15) is 0 Å². The minimum atomic E-state index is -0.408. The van der Waals surface area contributed by atoms with Crippen LogP contribution >= 0.6 is 0 Å². The van der Waals surface area contributed by atoms with Crippen molar-refractivity contribution in [2.45, 2.75) is 38.2 Å². The number of rotatable bonds is 3. The van der Waals surface area contributed by atoms with E-state index in [2.05, 4.69) is 14.9 Å². The first-order valence-corrected chi connectivity index (χ1v) is 10.8. The lowest BCUT2D eigenvalue weighted by Gasteiger charge is -2.36. The van der Waals surface area contributed by atoms with Gasteiger partial charge in [-0.25, -0.2) is 4.98 Å². The molecule has 1 unspecified atom stereocenters. The van der Waals surface area contributed by atoms with E-state index in [0.717, 1.165) is 37.1 Å². The van der Waals surface area contributed by atoms with Crippen molar-refractivity contribution >= 4 is 29.4 Å². The third kappa shape index (κ3) is 4.41. The quantitative estimate of drug-likeness (QED) is 0.567. The number of fused-ring (bicyclic) bond motifs is 1. The zero-order valence-electron chi connectivity index (χ0n) is 17.5. The Kier molecular flexibility index (Phi) is 6.22. The molecule has 31 heavy (non-hydrogen) atoms. The van der Waals surface area contributed by atoms with Gasteiger partial charge >= 0.3 is 5.97 Å². The van der Waals surface area contributed by atoms with Crippen LogP contribution in [0.25, 0.3) is 11.0 Å². The lowest BCUT2D eigenvalue weighted by atomic mass is 9.76. The minimum absolute atomic E-state index is 0.00299. The number of carboxylic acid groups (broad SMARTS) is 1. The normalized spacial score (nSPS) is 22.9. The number of imidazole rings is 1. The molecule has 2 aromatic rings. The smallest absolute Gasteiger partial charge is 0.312 e. The second-order valence-electron chi connectivity index (χ2n) is 8.52. The van der Waals surface area contributed by atoms with E-state index in [1.165, 1.54) is 12.8 Å². The average Bonchev–Trinajstić information content (AvgIpc) is 3.49. The molecule has 9 nitrogen and oxygen atoms in total. The monoisotopic (exact) mass is 428 g/mol. The van der Waals surface area contributed by atoms with Gasteiger partial charge in [0.25, 0.3) is 12.4 Å². The number of hydrogen-bond acceptors (Lipinski definition) is 6. The number of nitrogens with zero attached hydrogens (tertiary/aromatic N) is 3. The molecule has 0 aliphatic carbocycles. The van der Waals surface area contributed by atoms with Crippen molar-refractivity contribution in [2.75, 3.05) is 32.7 Å². The first-order valence-electron chi connectivity index (χ1n) is 10.8. The van der Waals surface area contributed by atoms with E-state index in [9.17, 15) is 9.59 Å². The summed E-state index contributed by atoms with van der Waals surface area (Å²) in [5.41, 5.74) is 1.25. The number of piperidine rings is 1. The van der Waals surface area contributed by atoms with E-state index in [0.29, 0.717) is 31.8 Å². The molecular weight excluding hydrogens is 400 g/mol. The maximum Gasteiger partial charge on any atom is 0.312 e. The Labute approximate surface area is 180 Å². The van der Waals surface area contributed by atoms with Crippen LogP contribution in [0.4, 0.5) is 0 Å². The van der Waals surface area contributed by atoms with Crippen LogP contribution in [0, 0.1) is 5.41 Å². The highest BCUT2D eigenvalue weighted by Crippen LogP contribution is 2.43. The van der Waals surface area contributed by atoms with E-state index in [-0.39, 0.29) is 24.5 Å². The largest absolute Gasteiger partial charge is 0.483 e. The molecule has 1 aromatic heterocycles. The molecule has 5 rings (SSSR count). The molecule has 3 fully saturated rings. The summed E-state index contributed by atoms with van der Waals surface area (Å²) < 4.78 is 5.73. The molecule has 0 saturated carbocycles. The fourth-order valence-electron chi connectivity index (χ4n) is 4.94. The lowest BCUT2D eigenvalue weighted by molar-refractivity contribution is -0.151. The van der Waals surface area contributed by atoms with Crippen LogP contribution in [0.3, 0.4) is 0 Å². The van der Waals surface area contributed by atoms with Crippen LogP contribution in [0.15, 0.2) is 24.3 Å².